The highest BCUT2D eigenvalue weighted by molar-refractivity contribution is 5.99. The minimum atomic E-state index is -0.514. The van der Waals surface area contributed by atoms with Gasteiger partial charge in [-0.1, -0.05) is 12.1 Å². The van der Waals surface area contributed by atoms with Crippen molar-refractivity contribution < 1.29 is 23.4 Å². The molecule has 2 aliphatic rings. The lowest BCUT2D eigenvalue weighted by Crippen LogP contribution is -2.38. The zero-order chi connectivity index (χ0) is 25.1. The number of ether oxygens (including phenoxy) is 3. The zero-order valence-corrected chi connectivity index (χ0v) is 20.8. The second-order valence-electron chi connectivity index (χ2n) is 8.98. The molecule has 0 N–H and O–H groups in total. The lowest BCUT2D eigenvalue weighted by atomic mass is 9.98. The Balaban J connectivity index is 1.52. The van der Waals surface area contributed by atoms with Crippen molar-refractivity contribution in [2.75, 3.05) is 52.6 Å². The molecule has 1 amide bonds. The van der Waals surface area contributed by atoms with Gasteiger partial charge in [0.15, 0.2) is 5.43 Å². The van der Waals surface area contributed by atoms with Crippen LogP contribution in [0.3, 0.4) is 0 Å². The van der Waals surface area contributed by atoms with E-state index >= 15 is 0 Å². The van der Waals surface area contributed by atoms with E-state index in [1.54, 1.807) is 23.1 Å². The number of morpholine rings is 1. The van der Waals surface area contributed by atoms with Gasteiger partial charge < -0.3 is 23.5 Å². The first-order valence-electron chi connectivity index (χ1n) is 12.7. The highest BCUT2D eigenvalue weighted by Gasteiger charge is 2.42. The molecule has 2 aromatic carbocycles. The van der Waals surface area contributed by atoms with Crippen LogP contribution >= 0.6 is 0 Å². The van der Waals surface area contributed by atoms with Crippen LogP contribution in [0.25, 0.3) is 11.0 Å². The van der Waals surface area contributed by atoms with E-state index in [4.69, 9.17) is 18.6 Å². The summed E-state index contributed by atoms with van der Waals surface area (Å²) in [7, 11) is 0. The molecule has 1 aromatic heterocycles. The molecule has 1 unspecified atom stereocenters. The Hall–Kier alpha value is -3.36. The molecule has 190 valence electrons. The Morgan fingerprint density at radius 1 is 0.917 bits per heavy atom. The summed E-state index contributed by atoms with van der Waals surface area (Å²) < 4.78 is 22.7. The number of benzene rings is 2. The van der Waals surface area contributed by atoms with E-state index in [-0.39, 0.29) is 17.1 Å². The van der Waals surface area contributed by atoms with Gasteiger partial charge in [0, 0.05) is 32.2 Å². The summed E-state index contributed by atoms with van der Waals surface area (Å²) in [5.74, 6) is 1.21. The molecule has 3 heterocycles. The summed E-state index contributed by atoms with van der Waals surface area (Å²) in [4.78, 5) is 31.5. The van der Waals surface area contributed by atoms with Gasteiger partial charge in [-0.2, -0.15) is 0 Å². The molecule has 1 atom stereocenters. The van der Waals surface area contributed by atoms with Crippen LogP contribution in [-0.4, -0.2) is 68.3 Å². The minimum Gasteiger partial charge on any atom is -0.494 e. The average Bonchev–Trinajstić information content (AvgIpc) is 3.17. The van der Waals surface area contributed by atoms with Gasteiger partial charge in [-0.05, 0) is 50.1 Å². The van der Waals surface area contributed by atoms with Crippen LogP contribution in [0.5, 0.6) is 11.5 Å². The second kappa shape index (κ2) is 10.7. The quantitative estimate of drug-likeness (QED) is 0.449. The van der Waals surface area contributed by atoms with E-state index in [2.05, 4.69) is 4.90 Å². The molecule has 1 fully saturated rings. The van der Waals surface area contributed by atoms with Gasteiger partial charge >= 0.3 is 0 Å². The maximum absolute atomic E-state index is 13.7. The summed E-state index contributed by atoms with van der Waals surface area (Å²) in [6.07, 6.45) is 0.787. The minimum absolute atomic E-state index is 0.117. The largest absolute Gasteiger partial charge is 0.494 e. The van der Waals surface area contributed by atoms with E-state index in [0.717, 1.165) is 50.6 Å². The van der Waals surface area contributed by atoms with Crippen LogP contribution in [-0.2, 0) is 4.74 Å². The van der Waals surface area contributed by atoms with Crippen molar-refractivity contribution in [3.63, 3.8) is 0 Å². The number of fused-ring (bicyclic) bond motifs is 2. The van der Waals surface area contributed by atoms with Gasteiger partial charge in [0.2, 0.25) is 5.76 Å². The zero-order valence-electron chi connectivity index (χ0n) is 20.8. The Morgan fingerprint density at radius 2 is 1.61 bits per heavy atom. The van der Waals surface area contributed by atoms with E-state index < -0.39 is 6.04 Å². The predicted octanol–water partition coefficient (Wildman–Crippen LogP) is 3.86. The van der Waals surface area contributed by atoms with Gasteiger partial charge in [0.25, 0.3) is 5.91 Å². The van der Waals surface area contributed by atoms with Crippen molar-refractivity contribution in [3.8, 4) is 11.5 Å². The lowest BCUT2D eigenvalue weighted by molar-refractivity contribution is 0.0353. The summed E-state index contributed by atoms with van der Waals surface area (Å²) in [5, 5.41) is 0.441. The van der Waals surface area contributed by atoms with Crippen molar-refractivity contribution in [1.82, 2.24) is 9.80 Å². The van der Waals surface area contributed by atoms with Crippen LogP contribution in [0.4, 0.5) is 0 Å². The van der Waals surface area contributed by atoms with E-state index in [9.17, 15) is 9.59 Å². The van der Waals surface area contributed by atoms with Crippen LogP contribution in [0, 0.1) is 0 Å². The molecule has 36 heavy (non-hydrogen) atoms. The van der Waals surface area contributed by atoms with Crippen LogP contribution in [0.1, 0.15) is 48.0 Å². The molecule has 8 nitrogen and oxygen atoms in total. The monoisotopic (exact) mass is 492 g/mol. The average molecular weight is 493 g/mol. The Morgan fingerprint density at radius 3 is 2.33 bits per heavy atom. The van der Waals surface area contributed by atoms with E-state index in [1.165, 1.54) is 0 Å². The van der Waals surface area contributed by atoms with Crippen LogP contribution in [0.2, 0.25) is 0 Å². The maximum Gasteiger partial charge on any atom is 0.290 e. The van der Waals surface area contributed by atoms with Gasteiger partial charge in [-0.15, -0.1) is 0 Å². The number of amides is 1. The van der Waals surface area contributed by atoms with Crippen molar-refractivity contribution in [2.24, 2.45) is 0 Å². The topological polar surface area (TPSA) is 81.5 Å². The lowest BCUT2D eigenvalue weighted by Gasteiger charge is -2.29. The molecule has 3 aromatic rings. The summed E-state index contributed by atoms with van der Waals surface area (Å²) in [5.41, 5.74) is 1.43. The SMILES string of the molecule is CCOc1ccc(C2c3c(oc4cc(OCC)ccc4c3=O)C(=O)N2CCCN2CCOCC2)cc1. The summed E-state index contributed by atoms with van der Waals surface area (Å²) in [6, 6.07) is 12.3. The predicted molar refractivity (Wildman–Crippen MR) is 136 cm³/mol. The van der Waals surface area contributed by atoms with Crippen molar-refractivity contribution in [3.05, 3.63) is 69.6 Å². The molecule has 0 radical (unpaired) electrons. The van der Waals surface area contributed by atoms with E-state index in [1.807, 2.05) is 38.1 Å². The van der Waals surface area contributed by atoms with E-state index in [0.29, 0.717) is 42.0 Å². The number of hydrogen-bond acceptors (Lipinski definition) is 7. The number of hydrogen-bond donors (Lipinski definition) is 0. The molecular weight excluding hydrogens is 460 g/mol. The number of rotatable bonds is 9. The first kappa shape index (κ1) is 24.3. The highest BCUT2D eigenvalue weighted by atomic mass is 16.5. The molecule has 5 rings (SSSR count). The molecular formula is C28H32N2O6. The van der Waals surface area contributed by atoms with Crippen LogP contribution < -0.4 is 14.9 Å². The van der Waals surface area contributed by atoms with Crippen LogP contribution in [0.15, 0.2) is 51.7 Å². The molecule has 2 aliphatic heterocycles. The molecule has 0 saturated carbocycles. The first-order valence-corrected chi connectivity index (χ1v) is 12.7. The Bertz CT molecular complexity index is 1280. The van der Waals surface area contributed by atoms with Gasteiger partial charge in [0.05, 0.1) is 43.4 Å². The summed E-state index contributed by atoms with van der Waals surface area (Å²) >= 11 is 0. The summed E-state index contributed by atoms with van der Waals surface area (Å²) in [6.45, 7) is 9.52. The second-order valence-corrected chi connectivity index (χ2v) is 8.98. The molecule has 0 spiro atoms. The molecule has 0 bridgehead atoms. The molecule has 0 aliphatic carbocycles. The third-order valence-corrected chi connectivity index (χ3v) is 6.73. The fourth-order valence-electron chi connectivity index (χ4n) is 5.03. The van der Waals surface area contributed by atoms with Crippen molar-refractivity contribution in [1.29, 1.82) is 0 Å². The van der Waals surface area contributed by atoms with Gasteiger partial charge in [-0.3, -0.25) is 14.5 Å². The standard InChI is InChI=1S/C28H32N2O6/c1-3-34-20-8-6-19(7-9-20)25-24-26(31)22-11-10-21(35-4-2)18-23(22)36-27(24)28(32)30(25)13-5-12-29-14-16-33-17-15-29/h6-11,18,25H,3-5,12-17H2,1-2H3. The smallest absolute Gasteiger partial charge is 0.290 e. The molecule has 1 saturated heterocycles. The van der Waals surface area contributed by atoms with Gasteiger partial charge in [-0.25, -0.2) is 0 Å². The number of carbonyl (C=O) groups excluding carboxylic acids is 1. The molecule has 8 heteroatoms. The third kappa shape index (κ3) is 4.70. The maximum atomic E-state index is 13.7. The van der Waals surface area contributed by atoms with Crippen molar-refractivity contribution in [2.45, 2.75) is 26.3 Å². The third-order valence-electron chi connectivity index (χ3n) is 6.73. The highest BCUT2D eigenvalue weighted by Crippen LogP contribution is 2.39. The fourth-order valence-corrected chi connectivity index (χ4v) is 5.03. The first-order chi connectivity index (χ1) is 17.6. The van der Waals surface area contributed by atoms with Crippen molar-refractivity contribution >= 4 is 16.9 Å². The fraction of sp³-hybridized carbons (Fsp3) is 0.429. The van der Waals surface area contributed by atoms with Gasteiger partial charge in [0.1, 0.15) is 17.1 Å². The normalized spacial score (nSPS) is 18.0. The Labute approximate surface area is 210 Å². The Kier molecular flexibility index (Phi) is 7.25. The number of nitrogens with zero attached hydrogens (tertiary/aromatic N) is 2. The number of carbonyl (C=O) groups is 1.